The van der Waals surface area contributed by atoms with Crippen molar-refractivity contribution in [1.29, 1.82) is 0 Å². The highest BCUT2D eigenvalue weighted by atomic mass is 35.5. The molecule has 2 aromatic carbocycles. The molecule has 0 saturated carbocycles. The molecule has 0 unspecified atom stereocenters. The van der Waals surface area contributed by atoms with Gasteiger partial charge in [0.05, 0.1) is 33.7 Å². The molecule has 5 rings (SSSR count). The average molecular weight is 465 g/mol. The average Bonchev–Trinajstić information content (AvgIpc) is 3.50. The number of carbonyl (C=O) groups excluding carboxylic acids is 1. The second-order valence-electron chi connectivity index (χ2n) is 7.14. The van der Waals surface area contributed by atoms with E-state index < -0.39 is 0 Å². The van der Waals surface area contributed by atoms with E-state index in [1.54, 1.807) is 31.0 Å². The maximum atomic E-state index is 12.6. The quantitative estimate of drug-likeness (QED) is 0.345. The third kappa shape index (κ3) is 3.81. The van der Waals surface area contributed by atoms with Gasteiger partial charge in [0.15, 0.2) is 5.82 Å². The molecule has 0 aliphatic heterocycles. The summed E-state index contributed by atoms with van der Waals surface area (Å²) in [6.07, 6.45) is 3.38. The van der Waals surface area contributed by atoms with Crippen molar-refractivity contribution in [1.82, 2.24) is 29.3 Å². The Morgan fingerprint density at radius 2 is 2.12 bits per heavy atom. The van der Waals surface area contributed by atoms with Crippen LogP contribution in [0.25, 0.3) is 22.3 Å². The predicted octanol–water partition coefficient (Wildman–Crippen LogP) is 4.77. The second-order valence-corrected chi connectivity index (χ2v) is 8.27. The first kappa shape index (κ1) is 20.2. The van der Waals surface area contributed by atoms with Gasteiger partial charge >= 0.3 is 0 Å². The fourth-order valence-corrected chi connectivity index (χ4v) is 4.21. The first-order chi connectivity index (χ1) is 15.5. The van der Waals surface area contributed by atoms with E-state index in [0.717, 1.165) is 22.2 Å². The molecule has 0 bridgehead atoms. The monoisotopic (exact) mass is 464 g/mol. The van der Waals surface area contributed by atoms with Crippen molar-refractivity contribution >= 4 is 56.4 Å². The van der Waals surface area contributed by atoms with E-state index in [-0.39, 0.29) is 5.91 Å². The zero-order valence-electron chi connectivity index (χ0n) is 17.0. The number of aryl methyl sites for hydroxylation is 2. The maximum absolute atomic E-state index is 12.6. The lowest BCUT2D eigenvalue weighted by atomic mass is 10.2. The van der Waals surface area contributed by atoms with Crippen molar-refractivity contribution in [3.63, 3.8) is 0 Å². The van der Waals surface area contributed by atoms with Gasteiger partial charge in [0.25, 0.3) is 5.91 Å². The summed E-state index contributed by atoms with van der Waals surface area (Å²) in [6.45, 7) is 1.80. The second kappa shape index (κ2) is 8.06. The van der Waals surface area contributed by atoms with Crippen molar-refractivity contribution in [2.45, 2.75) is 6.92 Å². The minimum absolute atomic E-state index is 0.217. The normalized spacial score (nSPS) is 11.1. The third-order valence-electron chi connectivity index (χ3n) is 4.86. The molecule has 3 heterocycles. The molecule has 5 aromatic rings. The van der Waals surface area contributed by atoms with Crippen molar-refractivity contribution in [3.05, 3.63) is 65.1 Å². The van der Waals surface area contributed by atoms with Gasteiger partial charge in [0.1, 0.15) is 0 Å². The molecule has 0 aliphatic carbocycles. The van der Waals surface area contributed by atoms with Crippen LogP contribution < -0.4 is 10.6 Å². The Bertz CT molecular complexity index is 1450. The summed E-state index contributed by atoms with van der Waals surface area (Å²) in [6, 6.07) is 11.1. The molecule has 1 amide bonds. The smallest absolute Gasteiger partial charge is 0.259 e. The van der Waals surface area contributed by atoms with E-state index >= 15 is 0 Å². The Morgan fingerprint density at radius 3 is 2.94 bits per heavy atom. The number of halogens is 1. The standard InChI is InChI=1S/C21H17ClN8OS/c1-11-15(10-30(2)28-11)20(31)24-13-5-3-4-12(8-13)19-26-21(32-29-19)25-17-7-6-16-14(18(17)22)9-23-27-16/h3-10H,1-2H3,(H,23,27)(H,24,31)(H,25,26,29). The highest BCUT2D eigenvalue weighted by Crippen LogP contribution is 2.33. The number of benzene rings is 2. The lowest BCUT2D eigenvalue weighted by molar-refractivity contribution is 0.102. The van der Waals surface area contributed by atoms with Crippen LogP contribution in [0.5, 0.6) is 0 Å². The summed E-state index contributed by atoms with van der Waals surface area (Å²) in [5.74, 6) is 0.331. The van der Waals surface area contributed by atoms with E-state index in [9.17, 15) is 4.79 Å². The number of rotatable bonds is 5. The molecule has 0 fully saturated rings. The SMILES string of the molecule is Cc1nn(C)cc1C(=O)Nc1cccc(-c2nsc(Nc3ccc4[nH]ncc4c3Cl)n2)c1. The Morgan fingerprint density at radius 1 is 1.25 bits per heavy atom. The van der Waals surface area contributed by atoms with E-state index in [2.05, 4.69) is 35.3 Å². The van der Waals surface area contributed by atoms with Crippen LogP contribution in [0, 0.1) is 6.92 Å². The van der Waals surface area contributed by atoms with Gasteiger partial charge in [-0.05, 0) is 31.2 Å². The molecular weight excluding hydrogens is 448 g/mol. The highest BCUT2D eigenvalue weighted by molar-refractivity contribution is 7.10. The molecule has 9 nitrogen and oxygen atoms in total. The Labute approximate surface area is 191 Å². The molecule has 0 atom stereocenters. The van der Waals surface area contributed by atoms with Gasteiger partial charge in [0.2, 0.25) is 5.13 Å². The summed E-state index contributed by atoms with van der Waals surface area (Å²) in [5, 5.41) is 19.2. The largest absolute Gasteiger partial charge is 0.329 e. The number of anilines is 3. The zero-order valence-corrected chi connectivity index (χ0v) is 18.6. The van der Waals surface area contributed by atoms with Crippen molar-refractivity contribution < 1.29 is 4.79 Å². The van der Waals surface area contributed by atoms with Gasteiger partial charge in [-0.15, -0.1) is 0 Å². The number of aromatic amines is 1. The van der Waals surface area contributed by atoms with Crippen molar-refractivity contribution in [3.8, 4) is 11.4 Å². The van der Waals surface area contributed by atoms with Gasteiger partial charge < -0.3 is 10.6 Å². The van der Waals surface area contributed by atoms with Crippen LogP contribution >= 0.6 is 23.1 Å². The number of carbonyl (C=O) groups is 1. The lowest BCUT2D eigenvalue weighted by Gasteiger charge is -2.06. The van der Waals surface area contributed by atoms with Crippen LogP contribution in [0.4, 0.5) is 16.5 Å². The van der Waals surface area contributed by atoms with E-state index in [1.165, 1.54) is 11.5 Å². The van der Waals surface area contributed by atoms with E-state index in [4.69, 9.17) is 11.6 Å². The van der Waals surface area contributed by atoms with Gasteiger partial charge in [-0.2, -0.15) is 19.6 Å². The Hall–Kier alpha value is -3.76. The highest BCUT2D eigenvalue weighted by Gasteiger charge is 2.14. The molecule has 11 heteroatoms. The topological polar surface area (TPSA) is 113 Å². The minimum atomic E-state index is -0.217. The number of hydrogen-bond donors (Lipinski definition) is 3. The molecule has 3 N–H and O–H groups in total. The van der Waals surface area contributed by atoms with Gasteiger partial charge in [0, 0.05) is 41.4 Å². The first-order valence-electron chi connectivity index (χ1n) is 9.62. The Kier molecular flexibility index (Phi) is 5.08. The number of nitrogens with zero attached hydrogens (tertiary/aromatic N) is 5. The molecule has 160 valence electrons. The van der Waals surface area contributed by atoms with Crippen LogP contribution in [0.2, 0.25) is 5.02 Å². The van der Waals surface area contributed by atoms with E-state index in [0.29, 0.717) is 32.9 Å². The summed E-state index contributed by atoms with van der Waals surface area (Å²) in [7, 11) is 1.78. The zero-order chi connectivity index (χ0) is 22.2. The number of H-pyrrole nitrogens is 1. The van der Waals surface area contributed by atoms with Crippen LogP contribution in [-0.4, -0.2) is 35.2 Å². The Balaban J connectivity index is 1.35. The number of nitrogens with one attached hydrogen (secondary N) is 3. The van der Waals surface area contributed by atoms with Gasteiger partial charge in [-0.1, -0.05) is 23.7 Å². The van der Waals surface area contributed by atoms with Gasteiger partial charge in [-0.3, -0.25) is 14.6 Å². The van der Waals surface area contributed by atoms with Crippen LogP contribution in [0.3, 0.4) is 0 Å². The predicted molar refractivity (Wildman–Crippen MR) is 126 cm³/mol. The summed E-state index contributed by atoms with van der Waals surface area (Å²) in [5.41, 5.74) is 4.21. The van der Waals surface area contributed by atoms with Crippen molar-refractivity contribution in [2.75, 3.05) is 10.6 Å². The summed E-state index contributed by atoms with van der Waals surface area (Å²) >= 11 is 7.70. The molecule has 0 aliphatic rings. The molecule has 3 aromatic heterocycles. The fourth-order valence-electron chi connectivity index (χ4n) is 3.34. The lowest BCUT2D eigenvalue weighted by Crippen LogP contribution is -2.12. The molecular formula is C21H17ClN8OS. The van der Waals surface area contributed by atoms with Crippen LogP contribution in [0.15, 0.2) is 48.8 Å². The first-order valence-corrected chi connectivity index (χ1v) is 10.8. The van der Waals surface area contributed by atoms with Crippen molar-refractivity contribution in [2.24, 2.45) is 7.05 Å². The van der Waals surface area contributed by atoms with Gasteiger partial charge in [-0.25, -0.2) is 0 Å². The minimum Gasteiger partial charge on any atom is -0.329 e. The van der Waals surface area contributed by atoms with E-state index in [1.807, 2.05) is 36.4 Å². The maximum Gasteiger partial charge on any atom is 0.259 e. The number of hydrogen-bond acceptors (Lipinski definition) is 7. The molecule has 0 saturated heterocycles. The summed E-state index contributed by atoms with van der Waals surface area (Å²) in [4.78, 5) is 17.2. The number of amides is 1. The fraction of sp³-hybridized carbons (Fsp3) is 0.0952. The number of fused-ring (bicyclic) bond motifs is 1. The third-order valence-corrected chi connectivity index (χ3v) is 5.90. The molecule has 0 spiro atoms. The number of aromatic nitrogens is 6. The van der Waals surface area contributed by atoms with Crippen LogP contribution in [-0.2, 0) is 7.05 Å². The molecule has 0 radical (unpaired) electrons. The molecule has 32 heavy (non-hydrogen) atoms. The van der Waals surface area contributed by atoms with Crippen LogP contribution in [0.1, 0.15) is 16.1 Å². The summed E-state index contributed by atoms with van der Waals surface area (Å²) < 4.78 is 6.06.